The summed E-state index contributed by atoms with van der Waals surface area (Å²) < 4.78 is 51.5. The smallest absolute Gasteiger partial charge is 0.416 e. The molecule has 1 fully saturated rings. The molecule has 2 aromatic heterocycles. The maximum Gasteiger partial charge on any atom is 0.416 e. The molecule has 3 aliphatic rings. The number of aromatic amines is 1. The van der Waals surface area contributed by atoms with E-state index < -0.39 is 18.0 Å². The number of hydrogen-bond donors (Lipinski definition) is 3. The fraction of sp³-hybridized carbons (Fsp3) is 0.280. The highest BCUT2D eigenvalue weighted by Gasteiger charge is 2.61. The zero-order valence-corrected chi connectivity index (χ0v) is 18.1. The Bertz CT molecular complexity index is 1480. The normalized spacial score (nSPS) is 24.2. The number of aliphatic hydroxyl groups is 1. The number of nitrogens with zero attached hydrogens (tertiary/aromatic N) is 2. The minimum absolute atomic E-state index is 0.0550. The highest BCUT2D eigenvalue weighted by atomic mass is 19.4. The molecule has 7 rings (SSSR count). The van der Waals surface area contributed by atoms with E-state index in [0.717, 1.165) is 29.0 Å². The van der Waals surface area contributed by atoms with Crippen molar-refractivity contribution in [3.8, 4) is 17.2 Å². The summed E-state index contributed by atoms with van der Waals surface area (Å²) in [6, 6.07) is 11.0. The second-order valence-electron chi connectivity index (χ2n) is 9.12. The molecule has 0 bridgehead atoms. The van der Waals surface area contributed by atoms with Crippen LogP contribution in [0.5, 0.6) is 17.2 Å². The van der Waals surface area contributed by atoms with Gasteiger partial charge in [-0.15, -0.1) is 0 Å². The zero-order valence-electron chi connectivity index (χ0n) is 18.1. The van der Waals surface area contributed by atoms with Gasteiger partial charge in [0.2, 0.25) is 0 Å². The van der Waals surface area contributed by atoms with Gasteiger partial charge in [-0.1, -0.05) is 0 Å². The predicted molar refractivity (Wildman–Crippen MR) is 120 cm³/mol. The number of aromatic nitrogens is 3. The van der Waals surface area contributed by atoms with E-state index in [9.17, 15) is 18.3 Å². The zero-order chi connectivity index (χ0) is 23.9. The number of hydrogen-bond acceptors (Lipinski definition) is 6. The summed E-state index contributed by atoms with van der Waals surface area (Å²) in [7, 11) is 0. The van der Waals surface area contributed by atoms with Crippen LogP contribution < -0.4 is 14.8 Å². The summed E-state index contributed by atoms with van der Waals surface area (Å²) in [5.74, 6) is 3.34. The third-order valence-electron chi connectivity index (χ3n) is 6.91. The van der Waals surface area contributed by atoms with Gasteiger partial charge in [0.1, 0.15) is 41.2 Å². The second-order valence-corrected chi connectivity index (χ2v) is 9.12. The quantitative estimate of drug-likeness (QED) is 0.379. The van der Waals surface area contributed by atoms with Crippen molar-refractivity contribution in [2.24, 2.45) is 0 Å². The van der Waals surface area contributed by atoms with Crippen LogP contribution in [0.3, 0.4) is 0 Å². The fourth-order valence-corrected chi connectivity index (χ4v) is 5.17. The van der Waals surface area contributed by atoms with Crippen molar-refractivity contribution in [1.82, 2.24) is 15.0 Å². The van der Waals surface area contributed by atoms with E-state index >= 15 is 0 Å². The van der Waals surface area contributed by atoms with Gasteiger partial charge in [-0.2, -0.15) is 13.2 Å². The average molecular weight is 480 g/mol. The van der Waals surface area contributed by atoms with Crippen molar-refractivity contribution in [2.45, 2.75) is 43.2 Å². The number of fused-ring (bicyclic) bond motifs is 5. The van der Waals surface area contributed by atoms with Crippen LogP contribution in [0.25, 0.3) is 11.0 Å². The van der Waals surface area contributed by atoms with Crippen LogP contribution in [0, 0.1) is 0 Å². The molecule has 0 spiro atoms. The number of imidazole rings is 1. The molecule has 1 aliphatic carbocycles. The molecular formula is C25H19F3N4O3. The summed E-state index contributed by atoms with van der Waals surface area (Å²) in [6.45, 7) is 0. The minimum Gasteiger partial charge on any atom is -0.489 e. The van der Waals surface area contributed by atoms with Gasteiger partial charge in [0.15, 0.2) is 0 Å². The molecular weight excluding hydrogens is 461 g/mol. The van der Waals surface area contributed by atoms with Gasteiger partial charge in [-0.25, -0.2) is 9.97 Å². The van der Waals surface area contributed by atoms with E-state index in [1.165, 1.54) is 6.07 Å². The molecule has 4 atom stereocenters. The SMILES string of the molecule is OC1CCc2c(Oc3ccc4c(c3)[C@H]3[C@H](O4)[C@@H]3c3nc4ccc(C(F)(F)F)cc4[nH]3)ccnc2N1. The van der Waals surface area contributed by atoms with Crippen LogP contribution in [-0.2, 0) is 12.6 Å². The van der Waals surface area contributed by atoms with Gasteiger partial charge >= 0.3 is 6.18 Å². The van der Waals surface area contributed by atoms with Gasteiger partial charge in [0, 0.05) is 23.2 Å². The number of halogens is 3. The molecule has 3 N–H and O–H groups in total. The van der Waals surface area contributed by atoms with Crippen LogP contribution >= 0.6 is 0 Å². The minimum atomic E-state index is -4.40. The maximum absolute atomic E-state index is 13.1. The second kappa shape index (κ2) is 7.11. The standard InChI is InChI=1S/C25H19F3N4O3/c26-25(27,28)11-1-4-15-16(9-11)31-24(30-15)21-20-14-10-12(2-5-17(14)35-22(20)21)34-18-7-8-29-23-13(18)3-6-19(33)32-23/h1-2,4-5,7-10,19-22,33H,3,6H2,(H,29,32)(H,30,31)/t19?,20-,21-,22+/m1/s1. The number of anilines is 1. The maximum atomic E-state index is 13.1. The van der Waals surface area contributed by atoms with Crippen LogP contribution in [0.2, 0.25) is 0 Å². The number of H-pyrrole nitrogens is 1. The number of aliphatic hydroxyl groups excluding tert-OH is 1. The first kappa shape index (κ1) is 20.6. The molecule has 35 heavy (non-hydrogen) atoms. The first-order valence-corrected chi connectivity index (χ1v) is 11.3. The Balaban J connectivity index is 1.15. The van der Waals surface area contributed by atoms with Crippen LogP contribution in [-0.4, -0.2) is 32.4 Å². The summed E-state index contributed by atoms with van der Waals surface area (Å²) in [5.41, 5.74) is 2.06. The Labute approximate surface area is 196 Å². The Morgan fingerprint density at radius 1 is 1.09 bits per heavy atom. The molecule has 7 nitrogen and oxygen atoms in total. The Morgan fingerprint density at radius 2 is 1.97 bits per heavy atom. The van der Waals surface area contributed by atoms with E-state index in [2.05, 4.69) is 20.3 Å². The molecule has 2 aromatic carbocycles. The van der Waals surface area contributed by atoms with Crippen molar-refractivity contribution >= 4 is 16.9 Å². The van der Waals surface area contributed by atoms with Crippen molar-refractivity contribution in [2.75, 3.05) is 5.32 Å². The lowest BCUT2D eigenvalue weighted by Gasteiger charge is -2.23. The van der Waals surface area contributed by atoms with Crippen LogP contribution in [0.15, 0.2) is 48.7 Å². The van der Waals surface area contributed by atoms with Gasteiger partial charge in [-0.05, 0) is 55.3 Å². The molecule has 178 valence electrons. The molecule has 1 unspecified atom stereocenters. The van der Waals surface area contributed by atoms with Crippen molar-refractivity contribution < 1.29 is 27.8 Å². The average Bonchev–Trinajstić information content (AvgIpc) is 3.18. The van der Waals surface area contributed by atoms with Gasteiger partial charge < -0.3 is 24.9 Å². The highest BCUT2D eigenvalue weighted by Crippen LogP contribution is 2.63. The third kappa shape index (κ3) is 3.31. The van der Waals surface area contributed by atoms with Gasteiger partial charge in [0.05, 0.1) is 22.5 Å². The van der Waals surface area contributed by atoms with E-state index in [4.69, 9.17) is 9.47 Å². The Kier molecular flexibility index (Phi) is 4.18. The summed E-state index contributed by atoms with van der Waals surface area (Å²) in [5, 5.41) is 12.8. The van der Waals surface area contributed by atoms with Crippen molar-refractivity contribution in [1.29, 1.82) is 0 Å². The lowest BCUT2D eigenvalue weighted by molar-refractivity contribution is -0.137. The predicted octanol–water partition coefficient (Wildman–Crippen LogP) is 5.09. The van der Waals surface area contributed by atoms with E-state index in [1.54, 1.807) is 12.3 Å². The number of alkyl halides is 3. The molecule has 10 heteroatoms. The lowest BCUT2D eigenvalue weighted by atomic mass is 10.1. The molecule has 0 saturated heterocycles. The fourth-order valence-electron chi connectivity index (χ4n) is 5.17. The number of nitrogens with one attached hydrogen (secondary N) is 2. The summed E-state index contributed by atoms with van der Waals surface area (Å²) in [6.07, 6.45) is -2.28. The monoisotopic (exact) mass is 480 g/mol. The van der Waals surface area contributed by atoms with Gasteiger partial charge in [-0.3, -0.25) is 0 Å². The van der Waals surface area contributed by atoms with Crippen molar-refractivity contribution in [3.05, 3.63) is 71.2 Å². The first-order valence-electron chi connectivity index (χ1n) is 11.3. The molecule has 2 aliphatic heterocycles. The topological polar surface area (TPSA) is 92.3 Å². The number of pyridine rings is 1. The largest absolute Gasteiger partial charge is 0.489 e. The molecule has 0 radical (unpaired) electrons. The first-order chi connectivity index (χ1) is 16.8. The summed E-state index contributed by atoms with van der Waals surface area (Å²) >= 11 is 0. The van der Waals surface area contributed by atoms with E-state index in [0.29, 0.717) is 47.0 Å². The van der Waals surface area contributed by atoms with Crippen molar-refractivity contribution in [3.63, 3.8) is 0 Å². The van der Waals surface area contributed by atoms with Gasteiger partial charge in [0.25, 0.3) is 0 Å². The molecule has 4 aromatic rings. The number of rotatable bonds is 3. The van der Waals surface area contributed by atoms with E-state index in [1.807, 2.05) is 18.2 Å². The lowest BCUT2D eigenvalue weighted by Crippen LogP contribution is -2.25. The summed E-state index contributed by atoms with van der Waals surface area (Å²) in [4.78, 5) is 11.9. The highest BCUT2D eigenvalue weighted by molar-refractivity contribution is 5.76. The van der Waals surface area contributed by atoms with Crippen LogP contribution in [0.1, 0.15) is 40.8 Å². The number of ether oxygens (including phenoxy) is 2. The van der Waals surface area contributed by atoms with E-state index in [-0.39, 0.29) is 17.9 Å². The Morgan fingerprint density at radius 3 is 2.83 bits per heavy atom. The van der Waals surface area contributed by atoms with Crippen LogP contribution in [0.4, 0.5) is 19.0 Å². The molecule has 0 amide bonds. The number of benzene rings is 2. The molecule has 4 heterocycles. The molecule has 1 saturated carbocycles. The third-order valence-corrected chi connectivity index (χ3v) is 6.91. The Hall–Kier alpha value is -3.79.